The molecular formula is C30H23ClN4O5S. The SMILES string of the molecule is CC(C)OC(=O)c1ccc(N2C(=O)C(Cl)=C(Nc3ccc(C(=O)Nc4nc(-c5ccccc5)cs4)cc3)C2=O)cc1. The lowest BCUT2D eigenvalue weighted by Gasteiger charge is -2.16. The molecule has 3 aromatic carbocycles. The van der Waals surface area contributed by atoms with Crippen LogP contribution in [-0.2, 0) is 14.3 Å². The average Bonchev–Trinajstić information content (AvgIpc) is 3.52. The highest BCUT2D eigenvalue weighted by Gasteiger charge is 2.39. The molecule has 3 amide bonds. The lowest BCUT2D eigenvalue weighted by molar-refractivity contribution is -0.120. The largest absolute Gasteiger partial charge is 0.459 e. The molecule has 0 unspecified atom stereocenters. The minimum absolute atomic E-state index is 0.103. The van der Waals surface area contributed by atoms with Gasteiger partial charge in [-0.3, -0.25) is 19.7 Å². The van der Waals surface area contributed by atoms with E-state index in [4.69, 9.17) is 16.3 Å². The molecule has 1 aromatic heterocycles. The Hall–Kier alpha value is -4.80. The zero-order chi connectivity index (χ0) is 29.1. The Labute approximate surface area is 244 Å². The monoisotopic (exact) mass is 586 g/mol. The molecule has 1 aliphatic heterocycles. The number of aromatic nitrogens is 1. The lowest BCUT2D eigenvalue weighted by atomic mass is 10.2. The Bertz CT molecular complexity index is 1670. The van der Waals surface area contributed by atoms with Crippen LogP contribution in [-0.4, -0.2) is 34.8 Å². The van der Waals surface area contributed by atoms with E-state index in [2.05, 4.69) is 15.6 Å². The standard InChI is InChI=1S/C30H23ClN4O5S/c1-17(2)40-29(39)20-10-14-22(15-11-20)35-27(37)24(31)25(28(35)38)32-21-12-8-19(9-13-21)26(36)34-30-33-23(16-41-30)18-6-4-3-5-7-18/h3-17,32H,1-2H3,(H,33,34,36). The second kappa shape index (κ2) is 11.7. The summed E-state index contributed by atoms with van der Waals surface area (Å²) in [5.41, 5.74) is 2.98. The molecule has 206 valence electrons. The quantitative estimate of drug-likeness (QED) is 0.190. The third-order valence-corrected chi connectivity index (χ3v) is 7.05. The Balaban J connectivity index is 1.24. The second-order valence-electron chi connectivity index (χ2n) is 9.20. The number of esters is 1. The van der Waals surface area contributed by atoms with E-state index in [9.17, 15) is 19.2 Å². The number of carbonyl (C=O) groups excluding carboxylic acids is 4. The van der Waals surface area contributed by atoms with Crippen molar-refractivity contribution in [1.82, 2.24) is 4.98 Å². The van der Waals surface area contributed by atoms with Crippen LogP contribution >= 0.6 is 22.9 Å². The van der Waals surface area contributed by atoms with Crippen LogP contribution in [0.2, 0.25) is 0 Å². The van der Waals surface area contributed by atoms with Crippen LogP contribution in [0.1, 0.15) is 34.6 Å². The highest BCUT2D eigenvalue weighted by atomic mass is 35.5. The number of ether oxygens (including phenoxy) is 1. The number of hydrogen-bond acceptors (Lipinski definition) is 8. The first-order valence-electron chi connectivity index (χ1n) is 12.5. The Morgan fingerprint density at radius 2 is 1.56 bits per heavy atom. The molecule has 9 nitrogen and oxygen atoms in total. The third-order valence-electron chi connectivity index (χ3n) is 5.94. The third kappa shape index (κ3) is 6.03. The summed E-state index contributed by atoms with van der Waals surface area (Å²) in [6.45, 7) is 3.48. The zero-order valence-electron chi connectivity index (χ0n) is 21.9. The molecule has 0 radical (unpaired) electrons. The number of nitrogens with zero attached hydrogens (tertiary/aromatic N) is 2. The van der Waals surface area contributed by atoms with Crippen LogP contribution in [0.4, 0.5) is 16.5 Å². The fourth-order valence-corrected chi connectivity index (χ4v) is 4.89. The molecule has 0 spiro atoms. The van der Waals surface area contributed by atoms with Crippen molar-refractivity contribution in [3.63, 3.8) is 0 Å². The number of imide groups is 1. The first-order valence-corrected chi connectivity index (χ1v) is 13.8. The van der Waals surface area contributed by atoms with Gasteiger partial charge >= 0.3 is 5.97 Å². The van der Waals surface area contributed by atoms with Crippen LogP contribution in [0.15, 0.2) is 95.0 Å². The van der Waals surface area contributed by atoms with Crippen molar-refractivity contribution in [2.75, 3.05) is 15.5 Å². The summed E-state index contributed by atoms with van der Waals surface area (Å²) >= 11 is 7.56. The van der Waals surface area contributed by atoms with Gasteiger partial charge in [0.05, 0.1) is 23.0 Å². The van der Waals surface area contributed by atoms with Gasteiger partial charge < -0.3 is 10.1 Å². The summed E-state index contributed by atoms with van der Waals surface area (Å²) in [5, 5.41) is 7.72. The Morgan fingerprint density at radius 3 is 2.22 bits per heavy atom. The van der Waals surface area contributed by atoms with E-state index in [1.54, 1.807) is 38.1 Å². The maximum absolute atomic E-state index is 13.1. The van der Waals surface area contributed by atoms with Gasteiger partial charge in [0.2, 0.25) is 0 Å². The van der Waals surface area contributed by atoms with Gasteiger partial charge in [0.25, 0.3) is 17.7 Å². The predicted octanol–water partition coefficient (Wildman–Crippen LogP) is 6.06. The number of amides is 3. The fraction of sp³-hybridized carbons (Fsp3) is 0.100. The van der Waals surface area contributed by atoms with Crippen molar-refractivity contribution in [3.05, 3.63) is 106 Å². The van der Waals surface area contributed by atoms with E-state index in [0.29, 0.717) is 16.4 Å². The Kier molecular flexibility index (Phi) is 7.95. The molecule has 4 aromatic rings. The van der Waals surface area contributed by atoms with E-state index in [1.807, 2.05) is 35.7 Å². The summed E-state index contributed by atoms with van der Waals surface area (Å²) in [6, 6.07) is 21.9. The smallest absolute Gasteiger partial charge is 0.338 e. The lowest BCUT2D eigenvalue weighted by Crippen LogP contribution is -2.32. The number of halogens is 1. The number of benzene rings is 3. The molecule has 0 atom stereocenters. The normalized spacial score (nSPS) is 13.1. The molecule has 41 heavy (non-hydrogen) atoms. The van der Waals surface area contributed by atoms with Gasteiger partial charge in [-0.25, -0.2) is 14.7 Å². The van der Waals surface area contributed by atoms with Crippen molar-refractivity contribution in [3.8, 4) is 11.3 Å². The van der Waals surface area contributed by atoms with E-state index in [1.165, 1.54) is 35.6 Å². The number of carbonyl (C=O) groups is 4. The first kappa shape index (κ1) is 27.8. The van der Waals surface area contributed by atoms with E-state index in [-0.39, 0.29) is 34.0 Å². The summed E-state index contributed by atoms with van der Waals surface area (Å²) in [7, 11) is 0. The van der Waals surface area contributed by atoms with Crippen molar-refractivity contribution >= 4 is 63.1 Å². The second-order valence-corrected chi connectivity index (χ2v) is 10.4. The van der Waals surface area contributed by atoms with Crippen molar-refractivity contribution < 1.29 is 23.9 Å². The molecule has 5 rings (SSSR count). The predicted molar refractivity (Wildman–Crippen MR) is 158 cm³/mol. The van der Waals surface area contributed by atoms with Crippen LogP contribution in [0.5, 0.6) is 0 Å². The molecule has 2 heterocycles. The zero-order valence-corrected chi connectivity index (χ0v) is 23.5. The topological polar surface area (TPSA) is 118 Å². The molecule has 11 heteroatoms. The molecule has 0 saturated carbocycles. The van der Waals surface area contributed by atoms with Gasteiger partial charge in [-0.1, -0.05) is 41.9 Å². The number of nitrogens with one attached hydrogen (secondary N) is 2. The summed E-state index contributed by atoms with van der Waals surface area (Å²) in [6.07, 6.45) is -0.282. The maximum atomic E-state index is 13.1. The van der Waals surface area contributed by atoms with E-state index in [0.717, 1.165) is 16.2 Å². The average molecular weight is 587 g/mol. The molecular weight excluding hydrogens is 564 g/mol. The van der Waals surface area contributed by atoms with Crippen molar-refractivity contribution in [2.24, 2.45) is 0 Å². The van der Waals surface area contributed by atoms with Crippen molar-refractivity contribution in [1.29, 1.82) is 0 Å². The minimum atomic E-state index is -0.703. The van der Waals surface area contributed by atoms with Crippen molar-refractivity contribution in [2.45, 2.75) is 20.0 Å². The number of hydrogen-bond donors (Lipinski definition) is 2. The summed E-state index contributed by atoms with van der Waals surface area (Å²) < 4.78 is 5.16. The van der Waals surface area contributed by atoms with Gasteiger partial charge in [-0.05, 0) is 62.4 Å². The molecule has 2 N–H and O–H groups in total. The van der Waals surface area contributed by atoms with Gasteiger partial charge in [-0.15, -0.1) is 11.3 Å². The molecule has 0 fully saturated rings. The minimum Gasteiger partial charge on any atom is -0.459 e. The summed E-state index contributed by atoms with van der Waals surface area (Å²) in [4.78, 5) is 56.2. The van der Waals surface area contributed by atoms with Gasteiger partial charge in [0, 0.05) is 22.2 Å². The molecule has 1 aliphatic rings. The molecule has 0 aliphatic carbocycles. The summed E-state index contributed by atoms with van der Waals surface area (Å²) in [5.74, 6) is -2.21. The van der Waals surface area contributed by atoms with Crippen LogP contribution in [0.25, 0.3) is 11.3 Å². The van der Waals surface area contributed by atoms with E-state index >= 15 is 0 Å². The number of thiazole rings is 1. The maximum Gasteiger partial charge on any atom is 0.338 e. The molecule has 0 bridgehead atoms. The van der Waals surface area contributed by atoms with Crippen LogP contribution < -0.4 is 15.5 Å². The van der Waals surface area contributed by atoms with Crippen LogP contribution in [0, 0.1) is 0 Å². The fourth-order valence-electron chi connectivity index (χ4n) is 3.97. The first-order chi connectivity index (χ1) is 19.7. The highest BCUT2D eigenvalue weighted by molar-refractivity contribution is 7.14. The number of anilines is 3. The Morgan fingerprint density at radius 1 is 0.902 bits per heavy atom. The number of rotatable bonds is 8. The molecule has 0 saturated heterocycles. The van der Waals surface area contributed by atoms with Crippen LogP contribution in [0.3, 0.4) is 0 Å². The van der Waals surface area contributed by atoms with Gasteiger partial charge in [0.15, 0.2) is 5.13 Å². The van der Waals surface area contributed by atoms with E-state index < -0.39 is 17.8 Å². The van der Waals surface area contributed by atoms with Gasteiger partial charge in [-0.2, -0.15) is 0 Å². The van der Waals surface area contributed by atoms with Gasteiger partial charge in [0.1, 0.15) is 10.7 Å². The highest BCUT2D eigenvalue weighted by Crippen LogP contribution is 2.31.